The Hall–Kier alpha value is -3.63. The van der Waals surface area contributed by atoms with Gasteiger partial charge in [0.1, 0.15) is 12.4 Å². The van der Waals surface area contributed by atoms with Crippen molar-refractivity contribution in [2.75, 3.05) is 6.61 Å². The summed E-state index contributed by atoms with van der Waals surface area (Å²) >= 11 is 0. The first-order valence-corrected chi connectivity index (χ1v) is 13.4. The molecule has 10 heteroatoms. The van der Waals surface area contributed by atoms with Gasteiger partial charge in [0.2, 0.25) is 5.91 Å². The number of fused-ring (bicyclic) bond motifs is 5. The summed E-state index contributed by atoms with van der Waals surface area (Å²) in [7, 11) is 0. The number of aliphatic hydroxyl groups is 2. The largest absolute Gasteiger partial charge is 0.458 e. The van der Waals surface area contributed by atoms with Crippen LogP contribution in [0.15, 0.2) is 16.9 Å². The van der Waals surface area contributed by atoms with Crippen LogP contribution >= 0.6 is 0 Å². The number of rotatable bonds is 4. The molecule has 7 rings (SSSR count). The number of aromatic nitrogens is 2. The molecular formula is C29H28FN3O6. The Morgan fingerprint density at radius 2 is 2.08 bits per heavy atom. The van der Waals surface area contributed by atoms with E-state index in [1.165, 1.54) is 6.07 Å². The number of hydrogen-bond acceptors (Lipinski definition) is 7. The second-order valence-electron chi connectivity index (χ2n) is 11.2. The Morgan fingerprint density at radius 3 is 2.79 bits per heavy atom. The number of amides is 1. The van der Waals surface area contributed by atoms with Gasteiger partial charge < -0.3 is 24.8 Å². The van der Waals surface area contributed by atoms with Gasteiger partial charge in [-0.25, -0.2) is 14.2 Å². The number of hydrogen-bond donors (Lipinski definition) is 3. The molecule has 1 amide bonds. The highest BCUT2D eigenvalue weighted by Gasteiger charge is 2.46. The molecule has 9 nitrogen and oxygen atoms in total. The maximum absolute atomic E-state index is 15.0. The van der Waals surface area contributed by atoms with E-state index in [0.29, 0.717) is 41.7 Å². The van der Waals surface area contributed by atoms with Crippen molar-refractivity contribution in [2.45, 2.75) is 64.3 Å². The number of nitrogens with zero attached hydrogens (tertiary/aromatic N) is 2. The Morgan fingerprint density at radius 1 is 1.28 bits per heavy atom. The van der Waals surface area contributed by atoms with Crippen LogP contribution in [-0.2, 0) is 39.5 Å². The lowest BCUT2D eigenvalue weighted by Crippen LogP contribution is -2.44. The Bertz CT molecular complexity index is 1700. The van der Waals surface area contributed by atoms with Crippen LogP contribution in [-0.4, -0.2) is 38.2 Å². The Balaban J connectivity index is 1.45. The summed E-state index contributed by atoms with van der Waals surface area (Å²) in [5.41, 5.74) is 2.45. The molecule has 2 aromatic heterocycles. The fourth-order valence-electron chi connectivity index (χ4n) is 6.75. The van der Waals surface area contributed by atoms with Crippen LogP contribution < -0.4 is 10.9 Å². The molecule has 3 aromatic rings. The second kappa shape index (κ2) is 8.19. The van der Waals surface area contributed by atoms with Gasteiger partial charge in [0, 0.05) is 35.1 Å². The fourth-order valence-corrected chi connectivity index (χ4v) is 6.75. The average Bonchev–Trinajstić information content (AvgIpc) is 3.64. The molecule has 1 saturated carbocycles. The normalized spacial score (nSPS) is 26.1. The molecule has 0 radical (unpaired) electrons. The lowest BCUT2D eigenvalue weighted by molar-refractivity contribution is -0.172. The lowest BCUT2D eigenvalue weighted by Gasteiger charge is -2.31. The zero-order chi connectivity index (χ0) is 27.4. The quantitative estimate of drug-likeness (QED) is 0.343. The summed E-state index contributed by atoms with van der Waals surface area (Å²) in [5.74, 6) is -1.55. The number of nitrogens with one attached hydrogen (secondary N) is 1. The van der Waals surface area contributed by atoms with E-state index in [0.717, 1.165) is 22.1 Å². The van der Waals surface area contributed by atoms with E-state index in [1.807, 2.05) is 0 Å². The van der Waals surface area contributed by atoms with Gasteiger partial charge >= 0.3 is 5.97 Å². The predicted molar refractivity (Wildman–Crippen MR) is 137 cm³/mol. The molecule has 3 N–H and O–H groups in total. The van der Waals surface area contributed by atoms with Gasteiger partial charge in [0.05, 0.1) is 35.1 Å². The number of esters is 1. The molecular weight excluding hydrogens is 505 g/mol. The minimum absolute atomic E-state index is 0.0296. The maximum Gasteiger partial charge on any atom is 0.343 e. The highest BCUT2D eigenvalue weighted by Crippen LogP contribution is 2.46. The lowest BCUT2D eigenvalue weighted by atomic mass is 9.81. The van der Waals surface area contributed by atoms with E-state index >= 15 is 4.39 Å². The summed E-state index contributed by atoms with van der Waals surface area (Å²) < 4.78 is 21.7. The first kappa shape index (κ1) is 24.4. The molecule has 0 bridgehead atoms. The molecule has 2 aliphatic heterocycles. The van der Waals surface area contributed by atoms with Crippen molar-refractivity contribution in [1.82, 2.24) is 14.9 Å². The molecule has 3 unspecified atom stereocenters. The third-order valence-electron chi connectivity index (χ3n) is 9.19. The Kier molecular flexibility index (Phi) is 5.13. The number of ether oxygens (including phenoxy) is 1. The summed E-state index contributed by atoms with van der Waals surface area (Å²) in [5, 5.41) is 24.6. The number of pyridine rings is 2. The maximum atomic E-state index is 15.0. The standard InChI is InChI=1S/C29H28FN3O6/c1-3-29(38)18-7-22-25-16(9-33(22)27(36)17(18)11-39-28(29)37)24-20(32-26(35)15-6-13(15)10-34)5-4-14-12(2)19(30)8-21(31-25)23(14)24/h7-8,13,15,20,34,38H,3-6,9-11H2,1-2H3,(H,32,35)/t13?,15?,20?,29-/m0/s1. The van der Waals surface area contributed by atoms with Crippen molar-refractivity contribution < 1.29 is 28.9 Å². The highest BCUT2D eigenvalue weighted by atomic mass is 19.1. The number of halogens is 1. The smallest absolute Gasteiger partial charge is 0.343 e. The molecule has 4 atom stereocenters. The van der Waals surface area contributed by atoms with Crippen LogP contribution in [0.3, 0.4) is 0 Å². The van der Waals surface area contributed by atoms with Crippen LogP contribution in [0.1, 0.15) is 65.6 Å². The van der Waals surface area contributed by atoms with Gasteiger partial charge in [-0.3, -0.25) is 9.59 Å². The monoisotopic (exact) mass is 533 g/mol. The van der Waals surface area contributed by atoms with Crippen LogP contribution in [0.25, 0.3) is 22.3 Å². The minimum Gasteiger partial charge on any atom is -0.458 e. The van der Waals surface area contributed by atoms with Crippen LogP contribution in [0.2, 0.25) is 0 Å². The van der Waals surface area contributed by atoms with Crippen molar-refractivity contribution in [3.63, 3.8) is 0 Å². The zero-order valence-corrected chi connectivity index (χ0v) is 21.6. The van der Waals surface area contributed by atoms with Crippen molar-refractivity contribution >= 4 is 22.8 Å². The first-order valence-electron chi connectivity index (χ1n) is 13.4. The average molecular weight is 534 g/mol. The third-order valence-corrected chi connectivity index (χ3v) is 9.19. The summed E-state index contributed by atoms with van der Waals surface area (Å²) in [4.78, 5) is 44.1. The number of carbonyl (C=O) groups is 2. The number of carbonyl (C=O) groups excluding carboxylic acids is 2. The second-order valence-corrected chi connectivity index (χ2v) is 11.2. The topological polar surface area (TPSA) is 131 Å². The van der Waals surface area contributed by atoms with Crippen molar-refractivity contribution in [3.05, 3.63) is 61.7 Å². The van der Waals surface area contributed by atoms with E-state index in [9.17, 15) is 24.6 Å². The third kappa shape index (κ3) is 3.24. The number of cyclic esters (lactones) is 1. The van der Waals surface area contributed by atoms with Crippen LogP contribution in [0.5, 0.6) is 0 Å². The van der Waals surface area contributed by atoms with Gasteiger partial charge in [-0.05, 0) is 61.3 Å². The minimum atomic E-state index is -1.95. The van der Waals surface area contributed by atoms with Gasteiger partial charge in [0.25, 0.3) is 5.56 Å². The number of benzene rings is 1. The van der Waals surface area contributed by atoms with E-state index < -0.39 is 11.6 Å². The van der Waals surface area contributed by atoms with Crippen LogP contribution in [0.4, 0.5) is 4.39 Å². The Labute approximate surface area is 222 Å². The number of aryl methyl sites for hydroxylation is 1. The molecule has 0 saturated heterocycles. The zero-order valence-electron chi connectivity index (χ0n) is 21.6. The molecule has 4 heterocycles. The fraction of sp³-hybridized carbons (Fsp3) is 0.448. The summed E-state index contributed by atoms with van der Waals surface area (Å²) in [6, 6.07) is 2.66. The van der Waals surface area contributed by atoms with Gasteiger partial charge in [-0.1, -0.05) is 6.92 Å². The van der Waals surface area contributed by atoms with Gasteiger partial charge in [0.15, 0.2) is 5.60 Å². The van der Waals surface area contributed by atoms with E-state index in [2.05, 4.69) is 5.32 Å². The van der Waals surface area contributed by atoms with E-state index in [4.69, 9.17) is 9.72 Å². The van der Waals surface area contributed by atoms with Crippen molar-refractivity contribution in [1.29, 1.82) is 0 Å². The molecule has 39 heavy (non-hydrogen) atoms. The molecule has 0 spiro atoms. The highest BCUT2D eigenvalue weighted by molar-refractivity contribution is 5.94. The predicted octanol–water partition coefficient (Wildman–Crippen LogP) is 2.26. The number of aliphatic hydroxyl groups excluding tert-OH is 1. The summed E-state index contributed by atoms with van der Waals surface area (Å²) in [6.07, 6.45) is 1.80. The first-order chi connectivity index (χ1) is 18.7. The molecule has 202 valence electrons. The van der Waals surface area contributed by atoms with Gasteiger partial charge in [-0.2, -0.15) is 0 Å². The van der Waals surface area contributed by atoms with Gasteiger partial charge in [-0.15, -0.1) is 0 Å². The molecule has 1 aromatic carbocycles. The molecule has 4 aliphatic rings. The van der Waals surface area contributed by atoms with Crippen LogP contribution in [0, 0.1) is 24.6 Å². The molecule has 1 fully saturated rings. The summed E-state index contributed by atoms with van der Waals surface area (Å²) in [6.45, 7) is 3.32. The molecule has 2 aliphatic carbocycles. The van der Waals surface area contributed by atoms with Crippen molar-refractivity contribution in [3.8, 4) is 11.4 Å². The SMILES string of the molecule is CC[C@@]1(O)C(=O)OCc2c1cc1n(c2=O)Cc2c-1nc1cc(F)c(C)c3c1c2C(NC(=O)C1CC1CO)CC3. The van der Waals surface area contributed by atoms with Crippen molar-refractivity contribution in [2.24, 2.45) is 11.8 Å². The van der Waals surface area contributed by atoms with E-state index in [-0.39, 0.29) is 72.5 Å². The van der Waals surface area contributed by atoms with E-state index in [1.54, 1.807) is 24.5 Å².